The predicted octanol–water partition coefficient (Wildman–Crippen LogP) is 1.49. The summed E-state index contributed by atoms with van der Waals surface area (Å²) in [6, 6.07) is 0. The third-order valence-corrected chi connectivity index (χ3v) is 4.36. The van der Waals surface area contributed by atoms with Gasteiger partial charge in [0.05, 0.1) is 12.4 Å². The number of carbonyl (C=O) groups is 1. The first kappa shape index (κ1) is 13.1. The largest absolute Gasteiger partial charge is 0.372 e. The molecule has 1 saturated heterocycles. The Morgan fingerprint density at radius 2 is 2.44 bits per heavy atom. The van der Waals surface area contributed by atoms with Crippen LogP contribution in [0.5, 0.6) is 0 Å². The number of aromatic nitrogens is 2. The normalized spacial score (nSPS) is 19.7. The lowest BCUT2D eigenvalue weighted by atomic mass is 10.2. The van der Waals surface area contributed by atoms with Crippen LogP contribution in [0, 0.1) is 0 Å². The molecule has 1 unspecified atom stereocenters. The summed E-state index contributed by atoms with van der Waals surface area (Å²) in [5, 5.41) is 3.44. The molecule has 2 heterocycles. The summed E-state index contributed by atoms with van der Waals surface area (Å²) in [5.74, 6) is 1.61. The van der Waals surface area contributed by atoms with Crippen LogP contribution in [-0.2, 0) is 0 Å². The van der Waals surface area contributed by atoms with Crippen LogP contribution >= 0.6 is 11.8 Å². The molecule has 18 heavy (non-hydrogen) atoms. The van der Waals surface area contributed by atoms with Crippen LogP contribution < -0.4 is 5.32 Å². The molecule has 98 valence electrons. The third kappa shape index (κ3) is 2.93. The van der Waals surface area contributed by atoms with Crippen LogP contribution in [0.1, 0.15) is 23.8 Å². The van der Waals surface area contributed by atoms with Crippen LogP contribution in [-0.4, -0.2) is 51.9 Å². The van der Waals surface area contributed by atoms with E-state index in [1.54, 1.807) is 13.2 Å². The lowest BCUT2D eigenvalue weighted by Crippen LogP contribution is -2.42. The molecule has 0 saturated carbocycles. The smallest absolute Gasteiger partial charge is 0.274 e. The highest BCUT2D eigenvalue weighted by atomic mass is 32.2. The Kier molecular flexibility index (Phi) is 4.41. The highest BCUT2D eigenvalue weighted by Gasteiger charge is 2.24. The lowest BCUT2D eigenvalue weighted by molar-refractivity contribution is 0.0754. The minimum atomic E-state index is -0.0154. The van der Waals surface area contributed by atoms with Crippen molar-refractivity contribution in [1.29, 1.82) is 0 Å². The topological polar surface area (TPSA) is 58.1 Å². The molecule has 5 nitrogen and oxygen atoms in total. The molecule has 1 atom stereocenters. The van der Waals surface area contributed by atoms with Gasteiger partial charge < -0.3 is 10.2 Å². The molecule has 0 spiro atoms. The standard InChI is InChI=1S/C12H18N4OS/c1-3-9-8-16(4-5-18-9)12(17)10-6-14-7-11(13-2)15-10/h6-7,9H,3-5,8H2,1-2H3,(H,13,15). The van der Waals surface area contributed by atoms with Gasteiger partial charge >= 0.3 is 0 Å². The van der Waals surface area contributed by atoms with E-state index in [2.05, 4.69) is 22.2 Å². The van der Waals surface area contributed by atoms with Crippen molar-refractivity contribution in [1.82, 2.24) is 14.9 Å². The fourth-order valence-electron chi connectivity index (χ4n) is 1.90. The Bertz CT molecular complexity index is 426. The zero-order chi connectivity index (χ0) is 13.0. The molecule has 1 aromatic rings. The molecule has 0 aromatic carbocycles. The first-order valence-electron chi connectivity index (χ1n) is 6.15. The van der Waals surface area contributed by atoms with E-state index in [-0.39, 0.29) is 5.91 Å². The molecule has 1 amide bonds. The van der Waals surface area contributed by atoms with E-state index in [0.717, 1.165) is 25.3 Å². The second kappa shape index (κ2) is 6.04. The number of carbonyl (C=O) groups excluding carboxylic acids is 1. The van der Waals surface area contributed by atoms with Crippen molar-refractivity contribution in [2.75, 3.05) is 31.2 Å². The highest BCUT2D eigenvalue weighted by molar-refractivity contribution is 8.00. The van der Waals surface area contributed by atoms with E-state index in [1.807, 2.05) is 16.7 Å². The molecule has 1 aliphatic heterocycles. The quantitative estimate of drug-likeness (QED) is 0.898. The molecule has 2 rings (SSSR count). The van der Waals surface area contributed by atoms with Crippen molar-refractivity contribution in [3.8, 4) is 0 Å². The summed E-state index contributed by atoms with van der Waals surface area (Å²) in [6.07, 6.45) is 4.24. The summed E-state index contributed by atoms with van der Waals surface area (Å²) >= 11 is 1.94. The number of nitrogens with zero attached hydrogens (tertiary/aromatic N) is 3. The van der Waals surface area contributed by atoms with Crippen molar-refractivity contribution in [2.45, 2.75) is 18.6 Å². The number of anilines is 1. The van der Waals surface area contributed by atoms with E-state index in [4.69, 9.17) is 0 Å². The van der Waals surface area contributed by atoms with Crippen molar-refractivity contribution >= 4 is 23.5 Å². The Morgan fingerprint density at radius 3 is 3.17 bits per heavy atom. The van der Waals surface area contributed by atoms with Crippen LogP contribution in [0.4, 0.5) is 5.82 Å². The van der Waals surface area contributed by atoms with Crippen molar-refractivity contribution in [3.05, 3.63) is 18.1 Å². The summed E-state index contributed by atoms with van der Waals surface area (Å²) in [5.41, 5.74) is 0.420. The first-order valence-corrected chi connectivity index (χ1v) is 7.20. The van der Waals surface area contributed by atoms with Gasteiger partial charge in [-0.15, -0.1) is 0 Å². The maximum absolute atomic E-state index is 12.3. The van der Waals surface area contributed by atoms with Gasteiger partial charge in [0.25, 0.3) is 5.91 Å². The zero-order valence-corrected chi connectivity index (χ0v) is 11.5. The minimum absolute atomic E-state index is 0.0154. The number of hydrogen-bond acceptors (Lipinski definition) is 5. The molecule has 1 N–H and O–H groups in total. The summed E-state index contributed by atoms with van der Waals surface area (Å²) in [7, 11) is 1.77. The van der Waals surface area contributed by atoms with Crippen LogP contribution in [0.25, 0.3) is 0 Å². The van der Waals surface area contributed by atoms with Gasteiger partial charge in [0.2, 0.25) is 0 Å². The molecule has 6 heteroatoms. The summed E-state index contributed by atoms with van der Waals surface area (Å²) in [6.45, 7) is 3.77. The van der Waals surface area contributed by atoms with E-state index in [1.165, 1.54) is 6.20 Å². The minimum Gasteiger partial charge on any atom is -0.372 e. The summed E-state index contributed by atoms with van der Waals surface area (Å²) in [4.78, 5) is 22.5. The molecule has 0 aliphatic carbocycles. The second-order valence-corrected chi connectivity index (χ2v) is 5.60. The SMILES string of the molecule is CCC1CN(C(=O)c2cncc(NC)n2)CCS1. The van der Waals surface area contributed by atoms with Crippen LogP contribution in [0.2, 0.25) is 0 Å². The molecule has 0 radical (unpaired) electrons. The van der Waals surface area contributed by atoms with Gasteiger partial charge in [-0.05, 0) is 6.42 Å². The van der Waals surface area contributed by atoms with Crippen molar-refractivity contribution in [3.63, 3.8) is 0 Å². The second-order valence-electron chi connectivity index (χ2n) is 4.19. The Hall–Kier alpha value is -1.30. The van der Waals surface area contributed by atoms with Gasteiger partial charge in [0.15, 0.2) is 0 Å². The number of hydrogen-bond donors (Lipinski definition) is 1. The zero-order valence-electron chi connectivity index (χ0n) is 10.7. The van der Waals surface area contributed by atoms with Crippen molar-refractivity contribution < 1.29 is 4.79 Å². The molecular formula is C12H18N4OS. The molecule has 1 fully saturated rings. The average molecular weight is 266 g/mol. The molecular weight excluding hydrogens is 248 g/mol. The van der Waals surface area contributed by atoms with E-state index < -0.39 is 0 Å². The molecule has 0 bridgehead atoms. The van der Waals surface area contributed by atoms with Gasteiger partial charge in [-0.3, -0.25) is 9.78 Å². The fourth-order valence-corrected chi connectivity index (χ4v) is 3.08. The van der Waals surface area contributed by atoms with Crippen LogP contribution in [0.15, 0.2) is 12.4 Å². The number of thioether (sulfide) groups is 1. The van der Waals surface area contributed by atoms with Gasteiger partial charge in [0, 0.05) is 31.1 Å². The maximum Gasteiger partial charge on any atom is 0.274 e. The Morgan fingerprint density at radius 1 is 1.61 bits per heavy atom. The number of amides is 1. The van der Waals surface area contributed by atoms with Crippen molar-refractivity contribution in [2.24, 2.45) is 0 Å². The van der Waals surface area contributed by atoms with Gasteiger partial charge in [-0.1, -0.05) is 6.92 Å². The van der Waals surface area contributed by atoms with Gasteiger partial charge in [0.1, 0.15) is 11.5 Å². The number of rotatable bonds is 3. The third-order valence-electron chi connectivity index (χ3n) is 2.99. The summed E-state index contributed by atoms with van der Waals surface area (Å²) < 4.78 is 0. The first-order chi connectivity index (χ1) is 8.74. The average Bonchev–Trinajstić information content (AvgIpc) is 2.46. The van der Waals surface area contributed by atoms with Gasteiger partial charge in [-0.25, -0.2) is 4.98 Å². The Labute approximate surface area is 111 Å². The molecule has 1 aliphatic rings. The van der Waals surface area contributed by atoms with E-state index >= 15 is 0 Å². The predicted molar refractivity (Wildman–Crippen MR) is 74.0 cm³/mol. The van der Waals surface area contributed by atoms with Gasteiger partial charge in [-0.2, -0.15) is 11.8 Å². The van der Waals surface area contributed by atoms with E-state index in [0.29, 0.717) is 16.8 Å². The van der Waals surface area contributed by atoms with Crippen LogP contribution in [0.3, 0.4) is 0 Å². The fraction of sp³-hybridized carbons (Fsp3) is 0.583. The van der Waals surface area contributed by atoms with E-state index in [9.17, 15) is 4.79 Å². The monoisotopic (exact) mass is 266 g/mol. The highest BCUT2D eigenvalue weighted by Crippen LogP contribution is 2.22. The number of nitrogens with one attached hydrogen (secondary N) is 1. The molecule has 1 aromatic heterocycles. The maximum atomic E-state index is 12.3. The lowest BCUT2D eigenvalue weighted by Gasteiger charge is -2.31. The Balaban J connectivity index is 2.10.